The first-order chi connectivity index (χ1) is 9.13. The first kappa shape index (κ1) is 13.0. The Balaban J connectivity index is 1.74. The van der Waals surface area contributed by atoms with Crippen molar-refractivity contribution in [3.8, 4) is 0 Å². The molecule has 1 aliphatic carbocycles. The van der Waals surface area contributed by atoms with E-state index in [4.69, 9.17) is 28.9 Å². The Kier molecular flexibility index (Phi) is 3.53. The highest BCUT2D eigenvalue weighted by Gasteiger charge is 2.27. The van der Waals surface area contributed by atoms with Crippen molar-refractivity contribution in [1.82, 2.24) is 0 Å². The molecule has 19 heavy (non-hydrogen) atoms. The minimum atomic E-state index is -0.0189. The fourth-order valence-electron chi connectivity index (χ4n) is 2.80. The number of fused-ring (bicyclic) bond motifs is 1. The molecule has 0 spiro atoms. The average Bonchev–Trinajstić information content (AvgIpc) is 2.34. The Morgan fingerprint density at radius 1 is 1.11 bits per heavy atom. The van der Waals surface area contributed by atoms with Crippen LogP contribution in [0.3, 0.4) is 0 Å². The predicted molar refractivity (Wildman–Crippen MR) is 80.9 cm³/mol. The maximum Gasteiger partial charge on any atom is 0.0424 e. The second-order valence-electron chi connectivity index (χ2n) is 5.14. The van der Waals surface area contributed by atoms with Crippen molar-refractivity contribution in [3.05, 3.63) is 69.2 Å². The minimum Gasteiger partial charge on any atom is -0.324 e. The lowest BCUT2D eigenvalue weighted by Gasteiger charge is -2.32. The Bertz CT molecular complexity index is 589. The molecule has 2 N–H and O–H groups in total. The van der Waals surface area contributed by atoms with Gasteiger partial charge in [-0.1, -0.05) is 47.5 Å². The zero-order chi connectivity index (χ0) is 13.4. The van der Waals surface area contributed by atoms with Crippen LogP contribution in [0.4, 0.5) is 0 Å². The third kappa shape index (κ3) is 2.64. The summed E-state index contributed by atoms with van der Waals surface area (Å²) in [4.78, 5) is 0. The maximum absolute atomic E-state index is 6.28. The van der Waals surface area contributed by atoms with Crippen LogP contribution in [-0.2, 0) is 6.42 Å². The van der Waals surface area contributed by atoms with Gasteiger partial charge in [-0.25, -0.2) is 0 Å². The fraction of sp³-hybridized carbons (Fsp3) is 0.250. The van der Waals surface area contributed by atoms with E-state index < -0.39 is 0 Å². The van der Waals surface area contributed by atoms with Gasteiger partial charge in [0, 0.05) is 16.1 Å². The van der Waals surface area contributed by atoms with Crippen LogP contribution >= 0.6 is 23.2 Å². The van der Waals surface area contributed by atoms with Gasteiger partial charge in [0.2, 0.25) is 0 Å². The van der Waals surface area contributed by atoms with Gasteiger partial charge >= 0.3 is 0 Å². The van der Waals surface area contributed by atoms with Gasteiger partial charge in [-0.2, -0.15) is 0 Å². The zero-order valence-electron chi connectivity index (χ0n) is 10.4. The summed E-state index contributed by atoms with van der Waals surface area (Å²) in [5.74, 6) is 0.559. The number of rotatable bonds is 3. The lowest BCUT2D eigenvalue weighted by molar-refractivity contribution is 0.498. The fourth-order valence-corrected chi connectivity index (χ4v) is 3.35. The average molecular weight is 292 g/mol. The molecule has 1 nitrogen and oxygen atoms in total. The quantitative estimate of drug-likeness (QED) is 0.870. The molecule has 3 heteroatoms. The molecule has 0 aliphatic heterocycles. The zero-order valence-corrected chi connectivity index (χ0v) is 12.0. The number of halogens is 2. The number of benzene rings is 2. The summed E-state index contributed by atoms with van der Waals surface area (Å²) >= 11 is 12.0. The van der Waals surface area contributed by atoms with Gasteiger partial charge in [-0.05, 0) is 53.6 Å². The molecule has 0 aromatic heterocycles. The van der Waals surface area contributed by atoms with E-state index in [1.165, 1.54) is 11.1 Å². The first-order valence-electron chi connectivity index (χ1n) is 6.43. The van der Waals surface area contributed by atoms with Crippen LogP contribution in [0.5, 0.6) is 0 Å². The largest absolute Gasteiger partial charge is 0.324 e. The topological polar surface area (TPSA) is 26.0 Å². The standard InChI is InChI=1S/C16H15Cl2N/c17-13-6-12(7-14(18)9-13)16(19)8-11-5-10-3-1-2-4-15(10)11/h1-4,6-7,9,11,16H,5,8,19H2. The van der Waals surface area contributed by atoms with Gasteiger partial charge in [0.1, 0.15) is 0 Å². The Hall–Kier alpha value is -1.02. The molecule has 0 heterocycles. The molecule has 2 aromatic rings. The third-order valence-electron chi connectivity index (χ3n) is 3.81. The molecule has 1 aliphatic rings. The van der Waals surface area contributed by atoms with Crippen molar-refractivity contribution in [3.63, 3.8) is 0 Å². The molecule has 3 rings (SSSR count). The van der Waals surface area contributed by atoms with Crippen LogP contribution < -0.4 is 5.73 Å². The van der Waals surface area contributed by atoms with E-state index in [0.717, 1.165) is 18.4 Å². The minimum absolute atomic E-state index is 0.0189. The summed E-state index contributed by atoms with van der Waals surface area (Å²) in [6.07, 6.45) is 2.06. The van der Waals surface area contributed by atoms with Crippen LogP contribution in [-0.4, -0.2) is 0 Å². The van der Waals surface area contributed by atoms with Crippen LogP contribution in [0.15, 0.2) is 42.5 Å². The third-order valence-corrected chi connectivity index (χ3v) is 4.25. The van der Waals surface area contributed by atoms with Crippen molar-refractivity contribution in [2.45, 2.75) is 24.8 Å². The summed E-state index contributed by atoms with van der Waals surface area (Å²) in [6.45, 7) is 0. The molecule has 0 bridgehead atoms. The summed E-state index contributed by atoms with van der Waals surface area (Å²) in [5, 5.41) is 1.29. The lowest BCUT2D eigenvalue weighted by atomic mass is 9.74. The number of hydrogen-bond donors (Lipinski definition) is 1. The molecule has 0 amide bonds. The number of nitrogens with two attached hydrogens (primary N) is 1. The molecule has 0 fully saturated rings. The molecule has 2 unspecified atom stereocenters. The van der Waals surface area contributed by atoms with E-state index in [1.54, 1.807) is 6.07 Å². The first-order valence-corrected chi connectivity index (χ1v) is 7.18. The van der Waals surface area contributed by atoms with Gasteiger partial charge in [-0.3, -0.25) is 0 Å². The highest BCUT2D eigenvalue weighted by Crippen LogP contribution is 2.40. The summed E-state index contributed by atoms with van der Waals surface area (Å²) < 4.78 is 0. The molecule has 0 saturated carbocycles. The maximum atomic E-state index is 6.28. The van der Waals surface area contributed by atoms with Gasteiger partial charge in [-0.15, -0.1) is 0 Å². The second kappa shape index (κ2) is 5.16. The van der Waals surface area contributed by atoms with Crippen LogP contribution in [0.1, 0.15) is 35.1 Å². The van der Waals surface area contributed by atoms with Crippen molar-refractivity contribution in [2.24, 2.45) is 5.73 Å². The van der Waals surface area contributed by atoms with Crippen molar-refractivity contribution in [1.29, 1.82) is 0 Å². The molecule has 0 saturated heterocycles. The summed E-state index contributed by atoms with van der Waals surface area (Å²) in [7, 11) is 0. The van der Waals surface area contributed by atoms with Crippen molar-refractivity contribution >= 4 is 23.2 Å². The van der Waals surface area contributed by atoms with E-state index in [9.17, 15) is 0 Å². The SMILES string of the molecule is NC(CC1Cc2ccccc21)c1cc(Cl)cc(Cl)c1. The second-order valence-corrected chi connectivity index (χ2v) is 6.02. The molecule has 0 radical (unpaired) electrons. The van der Waals surface area contributed by atoms with Crippen LogP contribution in [0.2, 0.25) is 10.0 Å². The smallest absolute Gasteiger partial charge is 0.0424 e. The van der Waals surface area contributed by atoms with E-state index >= 15 is 0 Å². The van der Waals surface area contributed by atoms with E-state index in [2.05, 4.69) is 24.3 Å². The molecular formula is C16H15Cl2N. The van der Waals surface area contributed by atoms with Crippen molar-refractivity contribution in [2.75, 3.05) is 0 Å². The Morgan fingerprint density at radius 3 is 2.47 bits per heavy atom. The van der Waals surface area contributed by atoms with Gasteiger partial charge in [0.25, 0.3) is 0 Å². The van der Waals surface area contributed by atoms with Gasteiger partial charge in [0.05, 0.1) is 0 Å². The molecule has 2 atom stereocenters. The highest BCUT2D eigenvalue weighted by molar-refractivity contribution is 6.34. The molecule has 2 aromatic carbocycles. The van der Waals surface area contributed by atoms with E-state index in [1.807, 2.05) is 12.1 Å². The van der Waals surface area contributed by atoms with Crippen molar-refractivity contribution < 1.29 is 0 Å². The van der Waals surface area contributed by atoms with Gasteiger partial charge in [0.15, 0.2) is 0 Å². The normalized spacial score (nSPS) is 18.6. The van der Waals surface area contributed by atoms with E-state index in [0.29, 0.717) is 16.0 Å². The lowest BCUT2D eigenvalue weighted by Crippen LogP contribution is -2.22. The molecular weight excluding hydrogens is 277 g/mol. The van der Waals surface area contributed by atoms with Crippen LogP contribution in [0, 0.1) is 0 Å². The Morgan fingerprint density at radius 2 is 1.79 bits per heavy atom. The monoisotopic (exact) mass is 291 g/mol. The van der Waals surface area contributed by atoms with Gasteiger partial charge < -0.3 is 5.73 Å². The number of hydrogen-bond acceptors (Lipinski definition) is 1. The molecule has 98 valence electrons. The summed E-state index contributed by atoms with van der Waals surface area (Å²) in [6, 6.07) is 14.1. The highest BCUT2D eigenvalue weighted by atomic mass is 35.5. The Labute approximate surface area is 123 Å². The predicted octanol–water partition coefficient (Wildman–Crippen LogP) is 4.72. The van der Waals surface area contributed by atoms with Crippen LogP contribution in [0.25, 0.3) is 0 Å². The van der Waals surface area contributed by atoms with E-state index in [-0.39, 0.29) is 6.04 Å². The summed E-state index contributed by atoms with van der Waals surface area (Å²) in [5.41, 5.74) is 10.2.